The molecule has 2 aromatic carbocycles. The number of carbonyl (C=O) groups is 1. The van der Waals surface area contributed by atoms with Gasteiger partial charge in [0.25, 0.3) is 0 Å². The minimum Gasteiger partial charge on any atom is -0.485 e. The van der Waals surface area contributed by atoms with Gasteiger partial charge in [-0.25, -0.2) is 4.79 Å². The third kappa shape index (κ3) is 5.13. The zero-order valence-electron chi connectivity index (χ0n) is 14.9. The number of hydrogen-bond donors (Lipinski definition) is 3. The predicted octanol–water partition coefficient (Wildman–Crippen LogP) is 2.82. The van der Waals surface area contributed by atoms with Crippen LogP contribution >= 0.6 is 11.6 Å². The van der Waals surface area contributed by atoms with E-state index in [1.54, 1.807) is 24.3 Å². The molecule has 6 nitrogen and oxygen atoms in total. The molecular weight excluding hydrogens is 370 g/mol. The Hall–Kier alpha value is -2.28. The predicted molar refractivity (Wildman–Crippen MR) is 102 cm³/mol. The van der Waals surface area contributed by atoms with Crippen LogP contribution < -0.4 is 14.8 Å². The number of rotatable bonds is 7. The van der Waals surface area contributed by atoms with Crippen LogP contribution in [0, 0.1) is 0 Å². The van der Waals surface area contributed by atoms with E-state index in [2.05, 4.69) is 5.32 Å². The van der Waals surface area contributed by atoms with E-state index in [-0.39, 0.29) is 12.6 Å². The molecule has 1 heterocycles. The Balaban J connectivity index is 1.56. The van der Waals surface area contributed by atoms with Gasteiger partial charge in [-0.15, -0.1) is 0 Å². The number of nitrogens with one attached hydrogen (secondary N) is 1. The van der Waals surface area contributed by atoms with Crippen LogP contribution in [-0.2, 0) is 11.2 Å². The zero-order chi connectivity index (χ0) is 19.4. The summed E-state index contributed by atoms with van der Waals surface area (Å²) in [4.78, 5) is 11.1. The summed E-state index contributed by atoms with van der Waals surface area (Å²) in [5.74, 6) is -0.0540. The highest BCUT2D eigenvalue weighted by atomic mass is 35.5. The van der Waals surface area contributed by atoms with Crippen molar-refractivity contribution >= 4 is 17.6 Å². The standard InChI is InChI=1S/C20H22ClNO5/c1-12(22-10-16(23)14-3-2-4-15(21)9-14)7-13-5-6-17-18(8-13)27-19(11-26-17)20(24)25/h2-6,8-9,12,16,19,22-23H,7,10-11H2,1H3,(H,24,25)/t12-,16+,19+/m1/s1. The Kier molecular flexibility index (Phi) is 6.21. The number of aliphatic hydroxyl groups excluding tert-OH is 1. The van der Waals surface area contributed by atoms with Crippen LogP contribution in [0.25, 0.3) is 0 Å². The van der Waals surface area contributed by atoms with Gasteiger partial charge in [0.2, 0.25) is 6.10 Å². The van der Waals surface area contributed by atoms with Gasteiger partial charge in [0.15, 0.2) is 11.5 Å². The summed E-state index contributed by atoms with van der Waals surface area (Å²) in [7, 11) is 0. The van der Waals surface area contributed by atoms with Crippen LogP contribution in [0.2, 0.25) is 5.02 Å². The average molecular weight is 392 g/mol. The molecule has 0 aromatic heterocycles. The lowest BCUT2D eigenvalue weighted by atomic mass is 10.0. The quantitative estimate of drug-likeness (QED) is 0.672. The number of aliphatic hydroxyl groups is 1. The number of aliphatic carboxylic acids is 1. The van der Waals surface area contributed by atoms with Crippen molar-refractivity contribution < 1.29 is 24.5 Å². The Morgan fingerprint density at radius 3 is 2.85 bits per heavy atom. The monoisotopic (exact) mass is 391 g/mol. The molecule has 3 atom stereocenters. The maximum absolute atomic E-state index is 11.1. The molecule has 0 bridgehead atoms. The second kappa shape index (κ2) is 8.61. The Morgan fingerprint density at radius 1 is 1.30 bits per heavy atom. The van der Waals surface area contributed by atoms with Crippen LogP contribution in [0.5, 0.6) is 11.5 Å². The topological polar surface area (TPSA) is 88.0 Å². The first-order valence-corrected chi connectivity index (χ1v) is 9.12. The highest BCUT2D eigenvalue weighted by molar-refractivity contribution is 6.30. The van der Waals surface area contributed by atoms with Crippen molar-refractivity contribution in [1.82, 2.24) is 5.32 Å². The molecule has 27 heavy (non-hydrogen) atoms. The normalized spacial score (nSPS) is 18.0. The molecule has 0 radical (unpaired) electrons. The van der Waals surface area contributed by atoms with Crippen molar-refractivity contribution in [2.45, 2.75) is 31.6 Å². The smallest absolute Gasteiger partial charge is 0.348 e. The highest BCUT2D eigenvalue weighted by Crippen LogP contribution is 2.33. The molecule has 2 aromatic rings. The fourth-order valence-corrected chi connectivity index (χ4v) is 3.13. The molecule has 1 aliphatic rings. The van der Waals surface area contributed by atoms with Crippen molar-refractivity contribution in [1.29, 1.82) is 0 Å². The highest BCUT2D eigenvalue weighted by Gasteiger charge is 2.27. The summed E-state index contributed by atoms with van der Waals surface area (Å²) < 4.78 is 10.9. The second-order valence-electron chi connectivity index (χ2n) is 6.62. The Morgan fingerprint density at radius 2 is 2.11 bits per heavy atom. The van der Waals surface area contributed by atoms with Gasteiger partial charge in [-0.2, -0.15) is 0 Å². The lowest BCUT2D eigenvalue weighted by Gasteiger charge is -2.24. The van der Waals surface area contributed by atoms with Crippen LogP contribution in [0.1, 0.15) is 24.2 Å². The van der Waals surface area contributed by atoms with Crippen molar-refractivity contribution in [3.63, 3.8) is 0 Å². The largest absolute Gasteiger partial charge is 0.485 e. The molecule has 3 rings (SSSR count). The van der Waals surface area contributed by atoms with Crippen LogP contribution in [0.3, 0.4) is 0 Å². The van der Waals surface area contributed by atoms with E-state index in [9.17, 15) is 9.90 Å². The van der Waals surface area contributed by atoms with E-state index in [1.165, 1.54) is 0 Å². The second-order valence-corrected chi connectivity index (χ2v) is 7.06. The third-order valence-corrected chi connectivity index (χ3v) is 4.61. The Bertz CT molecular complexity index is 813. The molecule has 3 N–H and O–H groups in total. The maximum atomic E-state index is 11.1. The first kappa shape index (κ1) is 19.5. The average Bonchev–Trinajstić information content (AvgIpc) is 2.65. The van der Waals surface area contributed by atoms with Gasteiger partial charge in [-0.05, 0) is 48.7 Å². The molecule has 7 heteroatoms. The molecule has 0 aliphatic carbocycles. The zero-order valence-corrected chi connectivity index (χ0v) is 15.6. The van der Waals surface area contributed by atoms with Crippen LogP contribution in [0.4, 0.5) is 0 Å². The fraction of sp³-hybridized carbons (Fsp3) is 0.350. The third-order valence-electron chi connectivity index (χ3n) is 4.38. The number of carboxylic acid groups (broad SMARTS) is 1. The molecule has 0 saturated carbocycles. The number of ether oxygens (including phenoxy) is 2. The molecule has 0 unspecified atom stereocenters. The summed E-state index contributed by atoms with van der Waals surface area (Å²) in [6, 6.07) is 12.8. The van der Waals surface area contributed by atoms with E-state index in [1.807, 2.05) is 25.1 Å². The summed E-state index contributed by atoms with van der Waals surface area (Å²) in [5, 5.41) is 23.2. The molecule has 1 aliphatic heterocycles. The fourth-order valence-electron chi connectivity index (χ4n) is 2.94. The molecule has 144 valence electrons. The SMILES string of the molecule is C[C@H](Cc1ccc2c(c1)O[C@H](C(=O)O)CO2)NC[C@H](O)c1cccc(Cl)c1. The lowest BCUT2D eigenvalue weighted by Crippen LogP contribution is -2.36. The molecular formula is C20H22ClNO5. The number of hydrogen-bond acceptors (Lipinski definition) is 5. The van der Waals surface area contributed by atoms with Crippen molar-refractivity contribution in [2.24, 2.45) is 0 Å². The van der Waals surface area contributed by atoms with Gasteiger partial charge in [0.1, 0.15) is 6.61 Å². The van der Waals surface area contributed by atoms with E-state index < -0.39 is 18.2 Å². The van der Waals surface area contributed by atoms with E-state index >= 15 is 0 Å². The Labute approximate surface area is 162 Å². The summed E-state index contributed by atoms with van der Waals surface area (Å²) in [6.45, 7) is 2.41. The molecule has 0 amide bonds. The minimum atomic E-state index is -1.05. The summed E-state index contributed by atoms with van der Waals surface area (Å²) in [5.41, 5.74) is 1.75. The summed E-state index contributed by atoms with van der Waals surface area (Å²) in [6.07, 6.45) is -0.949. The van der Waals surface area contributed by atoms with Crippen molar-refractivity contribution in [2.75, 3.05) is 13.2 Å². The molecule has 0 saturated heterocycles. The number of benzene rings is 2. The van der Waals surface area contributed by atoms with Crippen molar-refractivity contribution in [3.05, 3.63) is 58.6 Å². The van der Waals surface area contributed by atoms with Gasteiger partial charge in [-0.3, -0.25) is 0 Å². The summed E-state index contributed by atoms with van der Waals surface area (Å²) >= 11 is 5.96. The van der Waals surface area contributed by atoms with Crippen LogP contribution in [0.15, 0.2) is 42.5 Å². The first-order valence-electron chi connectivity index (χ1n) is 8.74. The molecule has 0 spiro atoms. The van der Waals surface area contributed by atoms with Gasteiger partial charge < -0.3 is 25.0 Å². The minimum absolute atomic E-state index is 0.00102. The number of halogens is 1. The van der Waals surface area contributed by atoms with Gasteiger partial charge in [0, 0.05) is 17.6 Å². The van der Waals surface area contributed by atoms with E-state index in [4.69, 9.17) is 26.2 Å². The number of carboxylic acids is 1. The van der Waals surface area contributed by atoms with Gasteiger partial charge >= 0.3 is 5.97 Å². The van der Waals surface area contributed by atoms with Gasteiger partial charge in [-0.1, -0.05) is 29.8 Å². The van der Waals surface area contributed by atoms with Gasteiger partial charge in [0.05, 0.1) is 6.10 Å². The molecule has 0 fully saturated rings. The van der Waals surface area contributed by atoms with E-state index in [0.717, 1.165) is 11.1 Å². The maximum Gasteiger partial charge on any atom is 0.348 e. The van der Waals surface area contributed by atoms with E-state index in [0.29, 0.717) is 29.5 Å². The number of fused-ring (bicyclic) bond motifs is 1. The van der Waals surface area contributed by atoms with Crippen molar-refractivity contribution in [3.8, 4) is 11.5 Å². The van der Waals surface area contributed by atoms with Crippen LogP contribution in [-0.4, -0.2) is 41.5 Å². The first-order chi connectivity index (χ1) is 12.9. The lowest BCUT2D eigenvalue weighted by molar-refractivity contribution is -0.147.